The fourth-order valence-electron chi connectivity index (χ4n) is 1.90. The Kier molecular flexibility index (Phi) is 3.34. The molecule has 16 heavy (non-hydrogen) atoms. The lowest BCUT2D eigenvalue weighted by Gasteiger charge is -2.18. The molecule has 0 unspecified atom stereocenters. The van der Waals surface area contributed by atoms with Crippen molar-refractivity contribution in [2.45, 2.75) is 25.8 Å². The van der Waals surface area contributed by atoms with E-state index in [0.29, 0.717) is 12.6 Å². The van der Waals surface area contributed by atoms with Gasteiger partial charge in [0.1, 0.15) is 5.82 Å². The van der Waals surface area contributed by atoms with Gasteiger partial charge in [-0.1, -0.05) is 19.1 Å². The first-order chi connectivity index (χ1) is 7.72. The predicted molar refractivity (Wildman–Crippen MR) is 61.0 cm³/mol. The van der Waals surface area contributed by atoms with E-state index in [-0.39, 0.29) is 11.3 Å². The molecule has 2 rings (SSSR count). The fourth-order valence-corrected chi connectivity index (χ4v) is 1.90. The zero-order valence-electron chi connectivity index (χ0n) is 9.45. The molecule has 0 bridgehead atoms. The summed E-state index contributed by atoms with van der Waals surface area (Å²) in [4.78, 5) is 14.0. The second-order valence-corrected chi connectivity index (χ2v) is 4.20. The van der Waals surface area contributed by atoms with Crippen LogP contribution in [-0.4, -0.2) is 29.8 Å². The fraction of sp³-hybridized carbons (Fsp3) is 0.462. The Bertz CT molecular complexity index is 387. The van der Waals surface area contributed by atoms with E-state index < -0.39 is 5.82 Å². The van der Waals surface area contributed by atoms with E-state index in [1.807, 2.05) is 6.92 Å². The van der Waals surface area contributed by atoms with E-state index >= 15 is 0 Å². The lowest BCUT2D eigenvalue weighted by atomic mass is 10.1. The second kappa shape index (κ2) is 4.74. The summed E-state index contributed by atoms with van der Waals surface area (Å²) >= 11 is 0. The van der Waals surface area contributed by atoms with Gasteiger partial charge in [0.25, 0.3) is 0 Å². The maximum Gasteiger partial charge on any atom is 0.179 e. The summed E-state index contributed by atoms with van der Waals surface area (Å²) in [5, 5.41) is 0. The Balaban J connectivity index is 2.04. The van der Waals surface area contributed by atoms with Crippen molar-refractivity contribution in [2.75, 3.05) is 13.1 Å². The number of halogens is 1. The standard InChI is InChI=1S/C13H16FNO/c1-2-15(10-7-8-10)9-13(16)11-5-3-4-6-12(11)14/h3-6,10H,2,7-9H2,1H3. The number of hydrogen-bond donors (Lipinski definition) is 0. The number of ketones is 1. The number of nitrogens with zero attached hydrogens (tertiary/aromatic N) is 1. The van der Waals surface area contributed by atoms with E-state index in [9.17, 15) is 9.18 Å². The minimum Gasteiger partial charge on any atom is -0.293 e. The van der Waals surface area contributed by atoms with E-state index in [2.05, 4.69) is 4.90 Å². The molecular formula is C13H16FNO. The van der Waals surface area contributed by atoms with Crippen molar-refractivity contribution in [3.05, 3.63) is 35.6 Å². The summed E-state index contributed by atoms with van der Waals surface area (Å²) < 4.78 is 13.4. The molecule has 86 valence electrons. The summed E-state index contributed by atoms with van der Waals surface area (Å²) in [6.45, 7) is 3.22. The summed E-state index contributed by atoms with van der Waals surface area (Å²) in [6.07, 6.45) is 2.33. The molecule has 0 amide bonds. The molecule has 1 saturated carbocycles. The quantitative estimate of drug-likeness (QED) is 0.712. The Morgan fingerprint density at radius 3 is 2.69 bits per heavy atom. The van der Waals surface area contributed by atoms with Crippen LogP contribution in [0.5, 0.6) is 0 Å². The Hall–Kier alpha value is -1.22. The van der Waals surface area contributed by atoms with Crippen LogP contribution in [-0.2, 0) is 0 Å². The van der Waals surface area contributed by atoms with Crippen molar-refractivity contribution in [3.63, 3.8) is 0 Å². The zero-order valence-corrected chi connectivity index (χ0v) is 9.45. The first-order valence-electron chi connectivity index (χ1n) is 5.74. The van der Waals surface area contributed by atoms with Gasteiger partial charge in [-0.3, -0.25) is 9.69 Å². The van der Waals surface area contributed by atoms with Crippen LogP contribution < -0.4 is 0 Å². The third-order valence-corrected chi connectivity index (χ3v) is 2.99. The molecule has 1 aliphatic rings. The van der Waals surface area contributed by atoms with Gasteiger partial charge in [-0.25, -0.2) is 4.39 Å². The number of Topliss-reactive ketones (excluding diaryl/α,β-unsaturated/α-hetero) is 1. The van der Waals surface area contributed by atoms with Crippen molar-refractivity contribution in [1.29, 1.82) is 0 Å². The number of carbonyl (C=O) groups is 1. The molecule has 1 aliphatic carbocycles. The molecule has 0 saturated heterocycles. The highest BCUT2D eigenvalue weighted by Crippen LogP contribution is 2.26. The van der Waals surface area contributed by atoms with Crippen LogP contribution in [0.25, 0.3) is 0 Å². The van der Waals surface area contributed by atoms with E-state index in [1.54, 1.807) is 18.2 Å². The van der Waals surface area contributed by atoms with Gasteiger partial charge < -0.3 is 0 Å². The van der Waals surface area contributed by atoms with Gasteiger partial charge in [0.2, 0.25) is 0 Å². The maximum atomic E-state index is 13.4. The van der Waals surface area contributed by atoms with Gasteiger partial charge in [0, 0.05) is 6.04 Å². The van der Waals surface area contributed by atoms with Gasteiger partial charge in [0.15, 0.2) is 5.78 Å². The zero-order chi connectivity index (χ0) is 11.5. The van der Waals surface area contributed by atoms with Gasteiger partial charge in [-0.15, -0.1) is 0 Å². The van der Waals surface area contributed by atoms with Crippen molar-refractivity contribution in [3.8, 4) is 0 Å². The normalized spacial score (nSPS) is 15.4. The molecule has 1 fully saturated rings. The smallest absolute Gasteiger partial charge is 0.179 e. The average Bonchev–Trinajstić information content (AvgIpc) is 3.10. The highest BCUT2D eigenvalue weighted by molar-refractivity contribution is 5.97. The van der Waals surface area contributed by atoms with Crippen LogP contribution in [0.1, 0.15) is 30.1 Å². The molecule has 0 atom stereocenters. The summed E-state index contributed by atoms with van der Waals surface area (Å²) in [7, 11) is 0. The van der Waals surface area contributed by atoms with Crippen LogP contribution >= 0.6 is 0 Å². The summed E-state index contributed by atoms with van der Waals surface area (Å²) in [6, 6.07) is 6.73. The molecule has 0 radical (unpaired) electrons. The molecule has 0 spiro atoms. The molecule has 0 N–H and O–H groups in total. The van der Waals surface area contributed by atoms with Crippen molar-refractivity contribution in [2.24, 2.45) is 0 Å². The third-order valence-electron chi connectivity index (χ3n) is 2.99. The molecule has 0 aromatic heterocycles. The second-order valence-electron chi connectivity index (χ2n) is 4.20. The average molecular weight is 221 g/mol. The molecule has 0 aliphatic heterocycles. The number of rotatable bonds is 5. The monoisotopic (exact) mass is 221 g/mol. The first-order valence-corrected chi connectivity index (χ1v) is 5.74. The largest absolute Gasteiger partial charge is 0.293 e. The molecular weight excluding hydrogens is 205 g/mol. The van der Waals surface area contributed by atoms with Crippen LogP contribution in [0.2, 0.25) is 0 Å². The number of benzene rings is 1. The molecule has 1 aromatic carbocycles. The maximum absolute atomic E-state index is 13.4. The molecule has 1 aromatic rings. The number of carbonyl (C=O) groups excluding carboxylic acids is 1. The lowest BCUT2D eigenvalue weighted by molar-refractivity contribution is 0.0924. The van der Waals surface area contributed by atoms with Gasteiger partial charge in [0.05, 0.1) is 12.1 Å². The van der Waals surface area contributed by atoms with Crippen molar-refractivity contribution < 1.29 is 9.18 Å². The topological polar surface area (TPSA) is 20.3 Å². The van der Waals surface area contributed by atoms with Crippen molar-refractivity contribution in [1.82, 2.24) is 4.90 Å². The summed E-state index contributed by atoms with van der Waals surface area (Å²) in [5.74, 6) is -0.536. The number of hydrogen-bond acceptors (Lipinski definition) is 2. The highest BCUT2D eigenvalue weighted by atomic mass is 19.1. The SMILES string of the molecule is CCN(CC(=O)c1ccccc1F)C1CC1. The molecule has 0 heterocycles. The van der Waals surface area contributed by atoms with Gasteiger partial charge >= 0.3 is 0 Å². The highest BCUT2D eigenvalue weighted by Gasteiger charge is 2.29. The van der Waals surface area contributed by atoms with E-state index in [4.69, 9.17) is 0 Å². The van der Waals surface area contributed by atoms with Crippen LogP contribution in [0.3, 0.4) is 0 Å². The van der Waals surface area contributed by atoms with Gasteiger partial charge in [-0.2, -0.15) is 0 Å². The molecule has 3 heteroatoms. The van der Waals surface area contributed by atoms with Crippen molar-refractivity contribution >= 4 is 5.78 Å². The Morgan fingerprint density at radius 1 is 1.44 bits per heavy atom. The third kappa shape index (κ3) is 2.47. The Morgan fingerprint density at radius 2 is 2.12 bits per heavy atom. The lowest BCUT2D eigenvalue weighted by Crippen LogP contribution is -2.32. The summed E-state index contributed by atoms with van der Waals surface area (Å²) in [5.41, 5.74) is 0.210. The van der Waals surface area contributed by atoms with E-state index in [0.717, 1.165) is 6.54 Å². The number of likely N-dealkylation sites (N-methyl/N-ethyl adjacent to an activating group) is 1. The van der Waals surface area contributed by atoms with Crippen LogP contribution in [0.4, 0.5) is 4.39 Å². The van der Waals surface area contributed by atoms with Crippen LogP contribution in [0.15, 0.2) is 24.3 Å². The molecule has 2 nitrogen and oxygen atoms in total. The Labute approximate surface area is 95.1 Å². The minimum atomic E-state index is -0.417. The van der Waals surface area contributed by atoms with Gasteiger partial charge in [-0.05, 0) is 31.5 Å². The first kappa shape index (κ1) is 11.3. The van der Waals surface area contributed by atoms with Crippen LogP contribution in [0, 0.1) is 5.82 Å². The predicted octanol–water partition coefficient (Wildman–Crippen LogP) is 2.49. The minimum absolute atomic E-state index is 0.119. The van der Waals surface area contributed by atoms with E-state index in [1.165, 1.54) is 18.9 Å².